The second-order valence-corrected chi connectivity index (χ2v) is 11.2. The number of halogens is 5. The summed E-state index contributed by atoms with van der Waals surface area (Å²) in [5, 5.41) is 6.41. The molecule has 4 rings (SSSR count). The molecule has 3 aliphatic rings. The van der Waals surface area contributed by atoms with Gasteiger partial charge in [0, 0.05) is 63.2 Å². The van der Waals surface area contributed by atoms with Gasteiger partial charge in [-0.3, -0.25) is 9.80 Å². The number of alkyl halides is 5. The molecule has 210 valence electrons. The van der Waals surface area contributed by atoms with Crippen LogP contribution in [0.4, 0.5) is 26.7 Å². The Morgan fingerprint density at radius 2 is 1.76 bits per heavy atom. The lowest BCUT2D eigenvalue weighted by Crippen LogP contribution is -2.66. The summed E-state index contributed by atoms with van der Waals surface area (Å²) in [5.74, 6) is -3.33. The second-order valence-electron chi connectivity index (χ2n) is 11.2. The van der Waals surface area contributed by atoms with Crippen molar-refractivity contribution < 1.29 is 31.3 Å². The van der Waals surface area contributed by atoms with Crippen molar-refractivity contribution in [3.05, 3.63) is 11.7 Å². The molecule has 2 saturated heterocycles. The molecule has 1 aromatic rings. The average molecular weight is 537 g/mol. The minimum atomic E-state index is -4.45. The van der Waals surface area contributed by atoms with Gasteiger partial charge in [0.25, 0.3) is 5.92 Å². The first-order valence-electron chi connectivity index (χ1n) is 13.1. The minimum Gasteiger partial charge on any atom is -0.339 e. The summed E-state index contributed by atoms with van der Waals surface area (Å²) in [5.41, 5.74) is -0.669. The summed E-state index contributed by atoms with van der Waals surface area (Å²) in [6.07, 6.45) is -4.21. The van der Waals surface area contributed by atoms with Gasteiger partial charge in [0.15, 0.2) is 5.82 Å². The lowest BCUT2D eigenvalue weighted by atomic mass is 9.79. The molecule has 1 aromatic heterocycles. The Morgan fingerprint density at radius 1 is 1.11 bits per heavy atom. The zero-order valence-corrected chi connectivity index (χ0v) is 21.7. The first kappa shape index (κ1) is 28.0. The Kier molecular flexibility index (Phi) is 8.04. The van der Waals surface area contributed by atoms with Crippen LogP contribution in [0.5, 0.6) is 0 Å². The number of nitrogens with one attached hydrogen (secondary N) is 1. The molecule has 1 saturated carbocycles. The van der Waals surface area contributed by atoms with Crippen molar-refractivity contribution in [3.63, 3.8) is 0 Å². The third-order valence-corrected chi connectivity index (χ3v) is 8.19. The SMILES string of the molecule is CC(C)N1CCN([C@H]2CCCC(F)(F)[C@@H]2NC(=O)N2CCC(C)(c3noc(CC(F)(F)F)n3)CC2)CC1. The summed E-state index contributed by atoms with van der Waals surface area (Å²) < 4.78 is 72.9. The van der Waals surface area contributed by atoms with Crippen LogP contribution in [0.3, 0.4) is 0 Å². The fourth-order valence-electron chi connectivity index (χ4n) is 5.73. The lowest BCUT2D eigenvalue weighted by Gasteiger charge is -2.48. The van der Waals surface area contributed by atoms with Gasteiger partial charge < -0.3 is 14.7 Å². The highest BCUT2D eigenvalue weighted by Gasteiger charge is 2.50. The van der Waals surface area contributed by atoms with Crippen LogP contribution < -0.4 is 5.32 Å². The molecular weight excluding hydrogens is 499 g/mol. The molecule has 1 aliphatic carbocycles. The molecule has 3 fully saturated rings. The van der Waals surface area contributed by atoms with E-state index in [2.05, 4.69) is 39.1 Å². The number of aromatic nitrogens is 2. The Bertz CT molecular complexity index is 923. The van der Waals surface area contributed by atoms with Gasteiger partial charge >= 0.3 is 12.2 Å². The van der Waals surface area contributed by atoms with Gasteiger partial charge in [0.2, 0.25) is 5.89 Å². The van der Waals surface area contributed by atoms with E-state index in [4.69, 9.17) is 4.52 Å². The fourth-order valence-corrected chi connectivity index (χ4v) is 5.73. The number of piperidine rings is 1. The first-order chi connectivity index (χ1) is 17.3. The molecule has 2 aliphatic heterocycles. The molecule has 0 spiro atoms. The van der Waals surface area contributed by atoms with E-state index in [9.17, 15) is 18.0 Å². The van der Waals surface area contributed by atoms with E-state index >= 15 is 8.78 Å². The summed E-state index contributed by atoms with van der Waals surface area (Å²) in [7, 11) is 0. The van der Waals surface area contributed by atoms with Crippen molar-refractivity contribution in [3.8, 4) is 0 Å². The number of hydrogen-bond donors (Lipinski definition) is 1. The maximum atomic E-state index is 15.1. The smallest absolute Gasteiger partial charge is 0.339 e. The normalized spacial score (nSPS) is 27.4. The van der Waals surface area contributed by atoms with E-state index in [0.717, 1.165) is 13.1 Å². The third-order valence-electron chi connectivity index (χ3n) is 8.19. The van der Waals surface area contributed by atoms with Crippen LogP contribution >= 0.6 is 0 Å². The minimum absolute atomic E-state index is 0.172. The lowest BCUT2D eigenvalue weighted by molar-refractivity contribution is -0.131. The second kappa shape index (κ2) is 10.6. The fraction of sp³-hybridized carbons (Fsp3) is 0.875. The average Bonchev–Trinajstić information content (AvgIpc) is 3.28. The van der Waals surface area contributed by atoms with Gasteiger partial charge in [-0.25, -0.2) is 13.6 Å². The van der Waals surface area contributed by atoms with Crippen molar-refractivity contribution in [2.24, 2.45) is 0 Å². The van der Waals surface area contributed by atoms with Crippen molar-refractivity contribution in [1.82, 2.24) is 30.2 Å². The van der Waals surface area contributed by atoms with Crippen LogP contribution in [0.15, 0.2) is 4.52 Å². The molecule has 0 radical (unpaired) electrons. The highest BCUT2D eigenvalue weighted by Crippen LogP contribution is 2.38. The highest BCUT2D eigenvalue weighted by atomic mass is 19.4. The van der Waals surface area contributed by atoms with Crippen LogP contribution in [0, 0.1) is 0 Å². The van der Waals surface area contributed by atoms with Gasteiger partial charge in [0.05, 0.1) is 0 Å². The number of urea groups is 1. The molecule has 0 aromatic carbocycles. The maximum Gasteiger partial charge on any atom is 0.397 e. The number of hydrogen-bond acceptors (Lipinski definition) is 6. The molecule has 1 N–H and O–H groups in total. The molecule has 3 heterocycles. The van der Waals surface area contributed by atoms with E-state index in [1.165, 1.54) is 4.90 Å². The Balaban J connectivity index is 1.36. The molecule has 37 heavy (non-hydrogen) atoms. The van der Waals surface area contributed by atoms with Gasteiger partial charge in [0.1, 0.15) is 12.5 Å². The topological polar surface area (TPSA) is 77.7 Å². The van der Waals surface area contributed by atoms with E-state index < -0.39 is 47.9 Å². The number of carbonyl (C=O) groups is 1. The number of likely N-dealkylation sites (tertiary alicyclic amines) is 1. The Morgan fingerprint density at radius 3 is 2.35 bits per heavy atom. The van der Waals surface area contributed by atoms with E-state index in [0.29, 0.717) is 44.8 Å². The molecule has 0 unspecified atom stereocenters. The molecule has 2 atom stereocenters. The summed E-state index contributed by atoms with van der Waals surface area (Å²) in [6, 6.07) is -1.83. The number of amides is 2. The van der Waals surface area contributed by atoms with Gasteiger partial charge in [-0.2, -0.15) is 18.2 Å². The molecular formula is C24H37F5N6O2. The summed E-state index contributed by atoms with van der Waals surface area (Å²) in [6.45, 7) is 9.56. The van der Waals surface area contributed by atoms with Crippen LogP contribution in [-0.4, -0.2) is 100 Å². The number of rotatable bonds is 5. The van der Waals surface area contributed by atoms with E-state index in [1.807, 2.05) is 6.92 Å². The largest absolute Gasteiger partial charge is 0.397 e. The monoisotopic (exact) mass is 536 g/mol. The van der Waals surface area contributed by atoms with Crippen LogP contribution in [0.2, 0.25) is 0 Å². The van der Waals surface area contributed by atoms with E-state index in [-0.39, 0.29) is 25.3 Å². The van der Waals surface area contributed by atoms with Gasteiger partial charge in [-0.05, 0) is 39.5 Å². The number of carbonyl (C=O) groups excluding carboxylic acids is 1. The van der Waals surface area contributed by atoms with Crippen LogP contribution in [-0.2, 0) is 11.8 Å². The van der Waals surface area contributed by atoms with Crippen LogP contribution in [0.1, 0.15) is 64.6 Å². The summed E-state index contributed by atoms with van der Waals surface area (Å²) in [4.78, 5) is 23.0. The third kappa shape index (κ3) is 6.52. The zero-order chi connectivity index (χ0) is 27.0. The molecule has 13 heteroatoms. The Hall–Kier alpha value is -2.02. The molecule has 0 bridgehead atoms. The molecule has 2 amide bonds. The van der Waals surface area contributed by atoms with Gasteiger partial charge in [-0.1, -0.05) is 12.1 Å². The number of nitrogens with zero attached hydrogens (tertiary/aromatic N) is 5. The standard InChI is InChI=1S/C24H37F5N6O2/c1-16(2)33-11-13-34(14-12-33)17-5-4-6-23(25,26)19(17)31-21(36)35-9-7-22(3,8-10-35)20-30-18(37-32-20)15-24(27,28)29/h16-17,19H,4-15H2,1-3H3,(H,31,36)/t17-,19+/m0/s1. The van der Waals surface area contributed by atoms with Crippen molar-refractivity contribution in [2.45, 2.75) is 94.9 Å². The van der Waals surface area contributed by atoms with Crippen molar-refractivity contribution in [2.75, 3.05) is 39.3 Å². The van der Waals surface area contributed by atoms with E-state index in [1.54, 1.807) is 0 Å². The maximum absolute atomic E-state index is 15.1. The number of piperazine rings is 1. The Labute approximate surface area is 213 Å². The van der Waals surface area contributed by atoms with Crippen molar-refractivity contribution in [1.29, 1.82) is 0 Å². The zero-order valence-electron chi connectivity index (χ0n) is 21.7. The quantitative estimate of drug-likeness (QED) is 0.577. The first-order valence-corrected chi connectivity index (χ1v) is 13.1. The van der Waals surface area contributed by atoms with Crippen molar-refractivity contribution >= 4 is 6.03 Å². The van der Waals surface area contributed by atoms with Gasteiger partial charge in [-0.15, -0.1) is 0 Å². The van der Waals surface area contributed by atoms with Crippen LogP contribution in [0.25, 0.3) is 0 Å². The molecule has 8 nitrogen and oxygen atoms in total. The predicted molar refractivity (Wildman–Crippen MR) is 125 cm³/mol. The summed E-state index contributed by atoms with van der Waals surface area (Å²) >= 11 is 0. The highest BCUT2D eigenvalue weighted by molar-refractivity contribution is 5.75. The predicted octanol–water partition coefficient (Wildman–Crippen LogP) is 3.82.